The summed E-state index contributed by atoms with van der Waals surface area (Å²) in [7, 11) is 0. The van der Waals surface area contributed by atoms with E-state index in [1.165, 1.54) is 44.9 Å². The van der Waals surface area contributed by atoms with Crippen molar-refractivity contribution in [2.45, 2.75) is 58.3 Å². The van der Waals surface area contributed by atoms with Crippen molar-refractivity contribution in [2.24, 2.45) is 11.3 Å². The molecule has 86 valence electrons. The Balaban J connectivity index is 1.88. The van der Waals surface area contributed by atoms with Gasteiger partial charge >= 0.3 is 5.97 Å². The third-order valence-corrected chi connectivity index (χ3v) is 4.11. The highest BCUT2D eigenvalue weighted by molar-refractivity contribution is 5.76. The second-order valence-corrected chi connectivity index (χ2v) is 5.14. The summed E-state index contributed by atoms with van der Waals surface area (Å²) >= 11 is 0. The van der Waals surface area contributed by atoms with E-state index in [9.17, 15) is 4.79 Å². The minimum atomic E-state index is 0.0677. The van der Waals surface area contributed by atoms with E-state index < -0.39 is 0 Å². The van der Waals surface area contributed by atoms with Gasteiger partial charge in [-0.05, 0) is 31.6 Å². The van der Waals surface area contributed by atoms with Crippen LogP contribution in [0.4, 0.5) is 0 Å². The predicted molar refractivity (Wildman–Crippen MR) is 59.5 cm³/mol. The van der Waals surface area contributed by atoms with E-state index in [1.54, 1.807) is 0 Å². The van der Waals surface area contributed by atoms with Crippen molar-refractivity contribution in [2.75, 3.05) is 6.61 Å². The van der Waals surface area contributed by atoms with Crippen LogP contribution in [0.15, 0.2) is 0 Å². The Morgan fingerprint density at radius 3 is 2.40 bits per heavy atom. The molecule has 2 saturated carbocycles. The Hall–Kier alpha value is -0.530. The Morgan fingerprint density at radius 2 is 1.80 bits per heavy atom. The van der Waals surface area contributed by atoms with E-state index >= 15 is 0 Å². The van der Waals surface area contributed by atoms with Crippen molar-refractivity contribution in [3.8, 4) is 0 Å². The van der Waals surface area contributed by atoms with Crippen LogP contribution < -0.4 is 0 Å². The predicted octanol–water partition coefficient (Wildman–Crippen LogP) is 3.30. The van der Waals surface area contributed by atoms with Crippen LogP contribution in [-0.4, -0.2) is 12.6 Å². The molecule has 0 N–H and O–H groups in total. The van der Waals surface area contributed by atoms with E-state index in [-0.39, 0.29) is 11.9 Å². The number of esters is 1. The Morgan fingerprint density at radius 1 is 1.20 bits per heavy atom. The summed E-state index contributed by atoms with van der Waals surface area (Å²) in [5.41, 5.74) is 0.368. The maximum absolute atomic E-state index is 11.7. The van der Waals surface area contributed by atoms with Gasteiger partial charge in [-0.15, -0.1) is 0 Å². The largest absolute Gasteiger partial charge is 0.466 e. The van der Waals surface area contributed by atoms with E-state index in [1.807, 2.05) is 6.92 Å². The zero-order valence-electron chi connectivity index (χ0n) is 9.76. The number of carbonyl (C=O) groups excluding carboxylic acids is 1. The molecule has 0 bridgehead atoms. The SMILES string of the molecule is CCOC(=O)C1CC12CCCCCCC2. The molecule has 0 aromatic heterocycles. The molecular weight excluding hydrogens is 188 g/mol. The molecule has 2 nitrogen and oxygen atoms in total. The molecule has 0 aromatic carbocycles. The monoisotopic (exact) mass is 210 g/mol. The molecule has 2 aliphatic carbocycles. The molecule has 1 spiro atoms. The maximum Gasteiger partial charge on any atom is 0.309 e. The fourth-order valence-electron chi connectivity index (χ4n) is 3.09. The van der Waals surface area contributed by atoms with Crippen LogP contribution in [0.1, 0.15) is 58.3 Å². The summed E-state index contributed by atoms with van der Waals surface area (Å²) in [6.45, 7) is 2.43. The van der Waals surface area contributed by atoms with Crippen molar-refractivity contribution in [1.82, 2.24) is 0 Å². The third-order valence-electron chi connectivity index (χ3n) is 4.11. The summed E-state index contributed by atoms with van der Waals surface area (Å²) in [4.78, 5) is 11.7. The molecule has 2 aliphatic rings. The Kier molecular flexibility index (Phi) is 3.32. The lowest BCUT2D eigenvalue weighted by Crippen LogP contribution is -2.15. The zero-order valence-corrected chi connectivity index (χ0v) is 9.76. The summed E-state index contributed by atoms with van der Waals surface area (Å²) in [6, 6.07) is 0. The second-order valence-electron chi connectivity index (χ2n) is 5.14. The summed E-state index contributed by atoms with van der Waals surface area (Å²) in [6.07, 6.45) is 10.4. The van der Waals surface area contributed by atoms with Crippen LogP contribution in [-0.2, 0) is 9.53 Å². The van der Waals surface area contributed by atoms with Crippen molar-refractivity contribution in [3.05, 3.63) is 0 Å². The quantitative estimate of drug-likeness (QED) is 0.654. The van der Waals surface area contributed by atoms with E-state index in [2.05, 4.69) is 0 Å². The summed E-state index contributed by atoms with van der Waals surface area (Å²) in [5, 5.41) is 0. The third kappa shape index (κ3) is 2.35. The molecular formula is C13H22O2. The highest BCUT2D eigenvalue weighted by Gasteiger charge is 2.57. The molecule has 0 aromatic rings. The van der Waals surface area contributed by atoms with Crippen molar-refractivity contribution >= 4 is 5.97 Å². The van der Waals surface area contributed by atoms with Gasteiger partial charge < -0.3 is 4.74 Å². The van der Waals surface area contributed by atoms with Crippen LogP contribution in [0.2, 0.25) is 0 Å². The van der Waals surface area contributed by atoms with E-state index in [0.29, 0.717) is 12.0 Å². The number of hydrogen-bond donors (Lipinski definition) is 0. The first-order valence-corrected chi connectivity index (χ1v) is 6.45. The summed E-state index contributed by atoms with van der Waals surface area (Å²) < 4.78 is 5.13. The van der Waals surface area contributed by atoms with Gasteiger partial charge in [-0.1, -0.05) is 32.1 Å². The molecule has 2 fully saturated rings. The van der Waals surface area contributed by atoms with Gasteiger partial charge in [0.15, 0.2) is 0 Å². The molecule has 1 atom stereocenters. The Labute approximate surface area is 92.4 Å². The van der Waals surface area contributed by atoms with Crippen LogP contribution in [0, 0.1) is 11.3 Å². The van der Waals surface area contributed by atoms with Crippen LogP contribution in [0.25, 0.3) is 0 Å². The van der Waals surface area contributed by atoms with Crippen LogP contribution in [0.5, 0.6) is 0 Å². The normalized spacial score (nSPS) is 29.3. The standard InChI is InChI=1S/C13H22O2/c1-2-15-12(14)11-10-13(11)8-6-4-3-5-7-9-13/h11H,2-10H2,1H3. The molecule has 1 unspecified atom stereocenters. The smallest absolute Gasteiger partial charge is 0.309 e. The first kappa shape index (κ1) is 11.0. The number of ether oxygens (including phenoxy) is 1. The molecule has 2 heteroatoms. The summed E-state index contributed by atoms with van der Waals surface area (Å²) in [5.74, 6) is 0.314. The molecule has 2 rings (SSSR count). The maximum atomic E-state index is 11.7. The van der Waals surface area contributed by atoms with Crippen LogP contribution >= 0.6 is 0 Å². The minimum absolute atomic E-state index is 0.0677. The van der Waals surface area contributed by atoms with Gasteiger partial charge in [0.25, 0.3) is 0 Å². The van der Waals surface area contributed by atoms with Gasteiger partial charge in [-0.3, -0.25) is 4.79 Å². The molecule has 0 amide bonds. The van der Waals surface area contributed by atoms with Crippen molar-refractivity contribution in [1.29, 1.82) is 0 Å². The van der Waals surface area contributed by atoms with E-state index in [4.69, 9.17) is 4.74 Å². The minimum Gasteiger partial charge on any atom is -0.466 e. The lowest BCUT2D eigenvalue weighted by atomic mass is 9.86. The number of rotatable bonds is 2. The lowest BCUT2D eigenvalue weighted by molar-refractivity contribution is -0.145. The van der Waals surface area contributed by atoms with Gasteiger partial charge in [-0.25, -0.2) is 0 Å². The van der Waals surface area contributed by atoms with Crippen LogP contribution in [0.3, 0.4) is 0 Å². The van der Waals surface area contributed by atoms with Crippen molar-refractivity contribution in [3.63, 3.8) is 0 Å². The first-order chi connectivity index (χ1) is 7.28. The molecule has 0 heterocycles. The first-order valence-electron chi connectivity index (χ1n) is 6.45. The fraction of sp³-hybridized carbons (Fsp3) is 0.923. The average Bonchev–Trinajstić information content (AvgIpc) is 2.88. The van der Waals surface area contributed by atoms with Gasteiger partial charge in [0, 0.05) is 0 Å². The molecule has 0 radical (unpaired) electrons. The fourth-order valence-corrected chi connectivity index (χ4v) is 3.09. The van der Waals surface area contributed by atoms with Gasteiger partial charge in [0.2, 0.25) is 0 Å². The topological polar surface area (TPSA) is 26.3 Å². The van der Waals surface area contributed by atoms with Gasteiger partial charge in [0.1, 0.15) is 0 Å². The highest BCUT2D eigenvalue weighted by Crippen LogP contribution is 2.60. The Bertz CT molecular complexity index is 227. The van der Waals surface area contributed by atoms with E-state index in [0.717, 1.165) is 6.42 Å². The average molecular weight is 210 g/mol. The molecule has 0 aliphatic heterocycles. The zero-order chi connectivity index (χ0) is 10.7. The number of carbonyl (C=O) groups is 1. The number of hydrogen-bond acceptors (Lipinski definition) is 2. The van der Waals surface area contributed by atoms with Crippen molar-refractivity contribution < 1.29 is 9.53 Å². The van der Waals surface area contributed by atoms with Gasteiger partial charge in [0.05, 0.1) is 12.5 Å². The van der Waals surface area contributed by atoms with Gasteiger partial charge in [-0.2, -0.15) is 0 Å². The lowest BCUT2D eigenvalue weighted by Gasteiger charge is -2.19. The molecule has 0 saturated heterocycles. The highest BCUT2D eigenvalue weighted by atomic mass is 16.5. The molecule has 15 heavy (non-hydrogen) atoms. The second kappa shape index (κ2) is 4.54.